The molecule has 0 fully saturated rings. The quantitative estimate of drug-likeness (QED) is 0.797. The Kier molecular flexibility index (Phi) is 3.85. The molecule has 1 N–H and O–H groups in total. The standard InChI is InChI=1S/C17H19N3O2S/c1-12(2)13-4-7-15(8-5-13)23(21,22)19-14-6-9-17-16(10-14)18-11-20(17)3/h4-12,19H,1-3H3. The summed E-state index contributed by atoms with van der Waals surface area (Å²) in [6.07, 6.45) is 1.70. The summed E-state index contributed by atoms with van der Waals surface area (Å²) in [5, 5.41) is 0. The molecule has 1 aromatic heterocycles. The van der Waals surface area contributed by atoms with Gasteiger partial charge in [0.05, 0.1) is 27.9 Å². The minimum atomic E-state index is -3.60. The van der Waals surface area contributed by atoms with Crippen molar-refractivity contribution in [2.75, 3.05) is 4.72 Å². The van der Waals surface area contributed by atoms with Crippen LogP contribution in [-0.2, 0) is 17.1 Å². The fraction of sp³-hybridized carbons (Fsp3) is 0.235. The summed E-state index contributed by atoms with van der Waals surface area (Å²) in [6, 6.07) is 12.3. The van der Waals surface area contributed by atoms with E-state index >= 15 is 0 Å². The van der Waals surface area contributed by atoms with Gasteiger partial charge in [-0.1, -0.05) is 26.0 Å². The first-order valence-corrected chi connectivity index (χ1v) is 8.89. The predicted octanol–water partition coefficient (Wildman–Crippen LogP) is 3.50. The van der Waals surface area contributed by atoms with Crippen molar-refractivity contribution in [3.05, 3.63) is 54.4 Å². The van der Waals surface area contributed by atoms with E-state index in [2.05, 4.69) is 23.6 Å². The maximum Gasteiger partial charge on any atom is 0.261 e. The average molecular weight is 329 g/mol. The first-order chi connectivity index (χ1) is 10.9. The molecule has 6 heteroatoms. The molecule has 0 aliphatic rings. The Morgan fingerprint density at radius 3 is 2.43 bits per heavy atom. The minimum absolute atomic E-state index is 0.253. The molecule has 0 bridgehead atoms. The largest absolute Gasteiger partial charge is 0.334 e. The number of fused-ring (bicyclic) bond motifs is 1. The van der Waals surface area contributed by atoms with Gasteiger partial charge in [-0.25, -0.2) is 13.4 Å². The van der Waals surface area contributed by atoms with Gasteiger partial charge in [0, 0.05) is 7.05 Å². The Balaban J connectivity index is 1.89. The lowest BCUT2D eigenvalue weighted by atomic mass is 10.0. The van der Waals surface area contributed by atoms with Crippen LogP contribution < -0.4 is 4.72 Å². The highest BCUT2D eigenvalue weighted by Crippen LogP contribution is 2.22. The van der Waals surface area contributed by atoms with Crippen molar-refractivity contribution in [3.8, 4) is 0 Å². The molecule has 0 aliphatic heterocycles. The maximum atomic E-state index is 12.5. The highest BCUT2D eigenvalue weighted by molar-refractivity contribution is 7.92. The van der Waals surface area contributed by atoms with Crippen molar-refractivity contribution in [2.24, 2.45) is 7.05 Å². The Hall–Kier alpha value is -2.34. The van der Waals surface area contributed by atoms with Crippen molar-refractivity contribution < 1.29 is 8.42 Å². The monoisotopic (exact) mass is 329 g/mol. The SMILES string of the molecule is CC(C)c1ccc(S(=O)(=O)Nc2ccc3c(c2)ncn3C)cc1. The number of hydrogen-bond acceptors (Lipinski definition) is 3. The van der Waals surface area contributed by atoms with E-state index in [-0.39, 0.29) is 4.90 Å². The van der Waals surface area contributed by atoms with Gasteiger partial charge in [0.1, 0.15) is 0 Å². The molecule has 0 saturated carbocycles. The van der Waals surface area contributed by atoms with Crippen LogP contribution in [0.3, 0.4) is 0 Å². The van der Waals surface area contributed by atoms with Crippen molar-refractivity contribution in [2.45, 2.75) is 24.7 Å². The lowest BCUT2D eigenvalue weighted by Crippen LogP contribution is -2.13. The topological polar surface area (TPSA) is 64.0 Å². The molecule has 0 unspecified atom stereocenters. The number of rotatable bonds is 4. The van der Waals surface area contributed by atoms with Crippen LogP contribution in [0.4, 0.5) is 5.69 Å². The van der Waals surface area contributed by atoms with Gasteiger partial charge in [-0.3, -0.25) is 4.72 Å². The fourth-order valence-electron chi connectivity index (χ4n) is 2.45. The maximum absolute atomic E-state index is 12.5. The highest BCUT2D eigenvalue weighted by atomic mass is 32.2. The number of benzene rings is 2. The first-order valence-electron chi connectivity index (χ1n) is 7.41. The number of aryl methyl sites for hydroxylation is 1. The highest BCUT2D eigenvalue weighted by Gasteiger charge is 2.15. The van der Waals surface area contributed by atoms with Gasteiger partial charge in [-0.2, -0.15) is 0 Å². The van der Waals surface area contributed by atoms with Crippen LogP contribution in [0, 0.1) is 0 Å². The third kappa shape index (κ3) is 3.07. The molecule has 5 nitrogen and oxygen atoms in total. The van der Waals surface area contributed by atoms with Crippen LogP contribution in [0.2, 0.25) is 0 Å². The van der Waals surface area contributed by atoms with Crippen LogP contribution >= 0.6 is 0 Å². The molecule has 0 radical (unpaired) electrons. The Morgan fingerprint density at radius 2 is 1.78 bits per heavy atom. The summed E-state index contributed by atoms with van der Waals surface area (Å²) in [4.78, 5) is 4.49. The van der Waals surface area contributed by atoms with Crippen molar-refractivity contribution in [1.82, 2.24) is 9.55 Å². The van der Waals surface area contributed by atoms with E-state index < -0.39 is 10.0 Å². The number of sulfonamides is 1. The zero-order valence-electron chi connectivity index (χ0n) is 13.3. The van der Waals surface area contributed by atoms with Gasteiger partial charge in [0.15, 0.2) is 0 Å². The van der Waals surface area contributed by atoms with E-state index in [4.69, 9.17) is 0 Å². The Labute approximate surface area is 136 Å². The molecular formula is C17H19N3O2S. The summed E-state index contributed by atoms with van der Waals surface area (Å²) in [5.74, 6) is 0.367. The second-order valence-electron chi connectivity index (χ2n) is 5.89. The zero-order chi connectivity index (χ0) is 16.6. The second-order valence-corrected chi connectivity index (χ2v) is 7.57. The minimum Gasteiger partial charge on any atom is -0.334 e. The number of anilines is 1. The van der Waals surface area contributed by atoms with E-state index in [1.807, 2.05) is 29.8 Å². The van der Waals surface area contributed by atoms with Gasteiger partial charge in [0.2, 0.25) is 0 Å². The number of hydrogen-bond donors (Lipinski definition) is 1. The molecule has 23 heavy (non-hydrogen) atoms. The van der Waals surface area contributed by atoms with Crippen molar-refractivity contribution in [3.63, 3.8) is 0 Å². The average Bonchev–Trinajstić information content (AvgIpc) is 2.88. The molecule has 1 heterocycles. The van der Waals surface area contributed by atoms with E-state index in [1.165, 1.54) is 0 Å². The van der Waals surface area contributed by atoms with E-state index in [0.717, 1.165) is 16.6 Å². The Bertz CT molecular complexity index is 942. The molecule has 3 rings (SSSR count). The fourth-order valence-corrected chi connectivity index (χ4v) is 3.50. The van der Waals surface area contributed by atoms with Gasteiger partial charge in [-0.15, -0.1) is 0 Å². The predicted molar refractivity (Wildman–Crippen MR) is 92.1 cm³/mol. The third-order valence-electron chi connectivity index (χ3n) is 3.83. The van der Waals surface area contributed by atoms with Gasteiger partial charge in [-0.05, 0) is 41.8 Å². The van der Waals surface area contributed by atoms with E-state index in [0.29, 0.717) is 11.6 Å². The number of aromatic nitrogens is 2. The van der Waals surface area contributed by atoms with Gasteiger partial charge < -0.3 is 4.57 Å². The van der Waals surface area contributed by atoms with E-state index in [9.17, 15) is 8.42 Å². The van der Waals surface area contributed by atoms with Crippen LogP contribution in [0.1, 0.15) is 25.3 Å². The molecule has 3 aromatic rings. The summed E-state index contributed by atoms with van der Waals surface area (Å²) in [6.45, 7) is 4.15. The molecule has 0 spiro atoms. The third-order valence-corrected chi connectivity index (χ3v) is 5.23. The molecular weight excluding hydrogens is 310 g/mol. The summed E-state index contributed by atoms with van der Waals surface area (Å²) >= 11 is 0. The van der Waals surface area contributed by atoms with Crippen molar-refractivity contribution in [1.29, 1.82) is 0 Å². The lowest BCUT2D eigenvalue weighted by molar-refractivity contribution is 0.601. The molecule has 0 saturated heterocycles. The molecule has 2 aromatic carbocycles. The smallest absolute Gasteiger partial charge is 0.261 e. The number of nitrogens with one attached hydrogen (secondary N) is 1. The van der Waals surface area contributed by atoms with E-state index in [1.54, 1.807) is 30.6 Å². The van der Waals surface area contributed by atoms with Gasteiger partial charge >= 0.3 is 0 Å². The summed E-state index contributed by atoms with van der Waals surface area (Å²) < 4.78 is 29.5. The lowest BCUT2D eigenvalue weighted by Gasteiger charge is -2.10. The molecule has 120 valence electrons. The number of imidazole rings is 1. The molecule has 0 amide bonds. The first kappa shape index (κ1) is 15.6. The van der Waals surface area contributed by atoms with Gasteiger partial charge in [0.25, 0.3) is 10.0 Å². The van der Waals surface area contributed by atoms with Crippen LogP contribution in [0.25, 0.3) is 11.0 Å². The molecule has 0 aliphatic carbocycles. The van der Waals surface area contributed by atoms with Crippen molar-refractivity contribution >= 4 is 26.7 Å². The normalized spacial score (nSPS) is 12.0. The summed E-state index contributed by atoms with van der Waals surface area (Å²) in [7, 11) is -1.70. The molecule has 0 atom stereocenters. The van der Waals surface area contributed by atoms with Crippen LogP contribution in [-0.4, -0.2) is 18.0 Å². The Morgan fingerprint density at radius 1 is 1.09 bits per heavy atom. The second kappa shape index (κ2) is 5.70. The zero-order valence-corrected chi connectivity index (χ0v) is 14.1. The summed E-state index contributed by atoms with van der Waals surface area (Å²) in [5.41, 5.74) is 3.32. The number of nitrogens with zero attached hydrogens (tertiary/aromatic N) is 2. The van der Waals surface area contributed by atoms with Crippen LogP contribution in [0.5, 0.6) is 0 Å². The van der Waals surface area contributed by atoms with Crippen LogP contribution in [0.15, 0.2) is 53.7 Å².